The second-order valence-corrected chi connectivity index (χ2v) is 4.46. The van der Waals surface area contributed by atoms with Crippen molar-refractivity contribution in [1.29, 1.82) is 0 Å². The molecule has 0 saturated heterocycles. The fraction of sp³-hybridized carbons (Fsp3) is 0.250. The summed E-state index contributed by atoms with van der Waals surface area (Å²) in [4.78, 5) is 14.6. The maximum atomic E-state index is 10.9. The highest BCUT2D eigenvalue weighted by molar-refractivity contribution is 6.30. The minimum Gasteiger partial charge on any atom is -0.444 e. The van der Waals surface area contributed by atoms with E-state index < -0.39 is 4.92 Å². The van der Waals surface area contributed by atoms with Crippen LogP contribution in [0.4, 0.5) is 11.4 Å². The van der Waals surface area contributed by atoms with E-state index in [0.29, 0.717) is 16.6 Å². The van der Waals surface area contributed by atoms with Crippen molar-refractivity contribution in [3.05, 3.63) is 50.7 Å². The molecule has 19 heavy (non-hydrogen) atoms. The zero-order chi connectivity index (χ0) is 14.0. The van der Waals surface area contributed by atoms with Gasteiger partial charge in [0, 0.05) is 11.1 Å². The minimum absolute atomic E-state index is 0.0764. The number of rotatable bonds is 4. The van der Waals surface area contributed by atoms with Gasteiger partial charge in [0.05, 0.1) is 17.2 Å². The Morgan fingerprint density at radius 1 is 1.47 bits per heavy atom. The van der Waals surface area contributed by atoms with E-state index in [1.807, 2.05) is 13.8 Å². The molecule has 1 aromatic heterocycles. The van der Waals surface area contributed by atoms with Crippen LogP contribution in [-0.4, -0.2) is 9.91 Å². The van der Waals surface area contributed by atoms with E-state index in [1.54, 1.807) is 12.1 Å². The minimum atomic E-state index is -0.486. The molecule has 0 amide bonds. The van der Waals surface area contributed by atoms with Crippen LogP contribution in [0.15, 0.2) is 22.6 Å². The molecule has 7 heteroatoms. The molecule has 2 rings (SSSR count). The average Bonchev–Trinajstić information content (AvgIpc) is 2.67. The first-order valence-electron chi connectivity index (χ1n) is 5.58. The van der Waals surface area contributed by atoms with Crippen molar-refractivity contribution >= 4 is 23.0 Å². The third-order valence-electron chi connectivity index (χ3n) is 2.66. The lowest BCUT2D eigenvalue weighted by atomic mass is 10.2. The Bertz CT molecular complexity index is 605. The summed E-state index contributed by atoms with van der Waals surface area (Å²) in [5.74, 6) is 1.22. The number of benzene rings is 1. The third kappa shape index (κ3) is 3.03. The molecule has 2 aromatic rings. The summed E-state index contributed by atoms with van der Waals surface area (Å²) in [5.41, 5.74) is 1.11. The number of oxazole rings is 1. The van der Waals surface area contributed by atoms with E-state index in [4.69, 9.17) is 16.0 Å². The molecule has 6 nitrogen and oxygen atoms in total. The molecule has 1 heterocycles. The Labute approximate surface area is 114 Å². The number of halogens is 1. The molecule has 0 fully saturated rings. The summed E-state index contributed by atoms with van der Waals surface area (Å²) in [5, 5.41) is 14.2. The van der Waals surface area contributed by atoms with Gasteiger partial charge in [-0.1, -0.05) is 11.6 Å². The van der Waals surface area contributed by atoms with Crippen molar-refractivity contribution in [2.24, 2.45) is 0 Å². The van der Waals surface area contributed by atoms with Gasteiger partial charge in [-0.25, -0.2) is 4.98 Å². The van der Waals surface area contributed by atoms with Gasteiger partial charge in [0.2, 0.25) is 5.89 Å². The first-order chi connectivity index (χ1) is 8.97. The number of aryl methyl sites for hydroxylation is 2. The lowest BCUT2D eigenvalue weighted by Gasteiger charge is -2.05. The van der Waals surface area contributed by atoms with Crippen LogP contribution in [0, 0.1) is 24.0 Å². The zero-order valence-corrected chi connectivity index (χ0v) is 11.2. The Balaban J connectivity index is 2.17. The monoisotopic (exact) mass is 281 g/mol. The van der Waals surface area contributed by atoms with Gasteiger partial charge < -0.3 is 9.73 Å². The van der Waals surface area contributed by atoms with Crippen molar-refractivity contribution in [3.8, 4) is 0 Å². The van der Waals surface area contributed by atoms with Gasteiger partial charge in [-0.05, 0) is 26.0 Å². The maximum Gasteiger partial charge on any atom is 0.293 e. The number of nitrogens with one attached hydrogen (secondary N) is 1. The van der Waals surface area contributed by atoms with Crippen molar-refractivity contribution in [2.45, 2.75) is 20.4 Å². The third-order valence-corrected chi connectivity index (χ3v) is 2.89. The SMILES string of the molecule is Cc1nc(CNc2ccc(Cl)cc2[N+](=O)[O-])oc1C. The summed E-state index contributed by atoms with van der Waals surface area (Å²) in [7, 11) is 0. The van der Waals surface area contributed by atoms with E-state index >= 15 is 0 Å². The summed E-state index contributed by atoms with van der Waals surface area (Å²) < 4.78 is 5.39. The van der Waals surface area contributed by atoms with Crippen molar-refractivity contribution in [3.63, 3.8) is 0 Å². The molecular formula is C12H12ClN3O3. The van der Waals surface area contributed by atoms with Crippen molar-refractivity contribution in [1.82, 2.24) is 4.98 Å². The number of nitro benzene ring substituents is 1. The van der Waals surface area contributed by atoms with E-state index in [9.17, 15) is 10.1 Å². The Kier molecular flexibility index (Phi) is 3.71. The van der Waals surface area contributed by atoms with Crippen LogP contribution in [0.2, 0.25) is 5.02 Å². The van der Waals surface area contributed by atoms with E-state index in [0.717, 1.165) is 11.5 Å². The maximum absolute atomic E-state index is 10.9. The van der Waals surface area contributed by atoms with Crippen molar-refractivity contribution in [2.75, 3.05) is 5.32 Å². The predicted molar refractivity (Wildman–Crippen MR) is 71.4 cm³/mol. The molecular weight excluding hydrogens is 270 g/mol. The van der Waals surface area contributed by atoms with Crippen molar-refractivity contribution < 1.29 is 9.34 Å². The first kappa shape index (κ1) is 13.4. The Morgan fingerprint density at radius 3 is 2.79 bits per heavy atom. The van der Waals surface area contributed by atoms with Crippen LogP contribution < -0.4 is 5.32 Å². The van der Waals surface area contributed by atoms with Gasteiger partial charge in [0.25, 0.3) is 5.69 Å². The fourth-order valence-electron chi connectivity index (χ4n) is 1.59. The van der Waals surface area contributed by atoms with E-state index in [1.165, 1.54) is 6.07 Å². The molecule has 0 spiro atoms. The van der Waals surface area contributed by atoms with Gasteiger partial charge in [-0.15, -0.1) is 0 Å². The summed E-state index contributed by atoms with van der Waals surface area (Å²) in [6.45, 7) is 3.93. The molecule has 1 aromatic carbocycles. The second kappa shape index (κ2) is 5.27. The van der Waals surface area contributed by atoms with E-state index in [2.05, 4.69) is 10.3 Å². The molecule has 0 aliphatic heterocycles. The quantitative estimate of drug-likeness (QED) is 0.685. The number of nitrogens with zero attached hydrogens (tertiary/aromatic N) is 2. The van der Waals surface area contributed by atoms with Gasteiger partial charge in [-0.2, -0.15) is 0 Å². The van der Waals surface area contributed by atoms with Crippen LogP contribution in [0.25, 0.3) is 0 Å². The summed E-state index contributed by atoms with van der Waals surface area (Å²) in [6.07, 6.45) is 0. The standard InChI is InChI=1S/C12H12ClN3O3/c1-7-8(2)19-12(15-7)6-14-10-4-3-9(13)5-11(10)16(17)18/h3-5,14H,6H2,1-2H3. The van der Waals surface area contributed by atoms with Gasteiger partial charge in [-0.3, -0.25) is 10.1 Å². The second-order valence-electron chi connectivity index (χ2n) is 4.02. The molecule has 0 aliphatic rings. The molecule has 0 bridgehead atoms. The zero-order valence-electron chi connectivity index (χ0n) is 10.4. The summed E-state index contributed by atoms with van der Waals surface area (Å²) >= 11 is 5.74. The van der Waals surface area contributed by atoms with Gasteiger partial charge in [0.1, 0.15) is 11.4 Å². The first-order valence-corrected chi connectivity index (χ1v) is 5.96. The normalized spacial score (nSPS) is 10.5. The highest BCUT2D eigenvalue weighted by Crippen LogP contribution is 2.28. The Hall–Kier alpha value is -2.08. The van der Waals surface area contributed by atoms with Gasteiger partial charge >= 0.3 is 0 Å². The van der Waals surface area contributed by atoms with Crippen LogP contribution in [0.3, 0.4) is 0 Å². The Morgan fingerprint density at radius 2 is 2.21 bits per heavy atom. The van der Waals surface area contributed by atoms with Gasteiger partial charge in [0.15, 0.2) is 0 Å². The number of nitro groups is 1. The lowest BCUT2D eigenvalue weighted by Crippen LogP contribution is -2.02. The predicted octanol–water partition coefficient (Wildman–Crippen LogP) is 3.47. The topological polar surface area (TPSA) is 81.2 Å². The smallest absolute Gasteiger partial charge is 0.293 e. The number of aromatic nitrogens is 1. The lowest BCUT2D eigenvalue weighted by molar-refractivity contribution is -0.383. The number of hydrogen-bond donors (Lipinski definition) is 1. The molecule has 0 atom stereocenters. The largest absolute Gasteiger partial charge is 0.444 e. The molecule has 1 N–H and O–H groups in total. The van der Waals surface area contributed by atoms with Crippen LogP contribution >= 0.6 is 11.6 Å². The number of anilines is 1. The van der Waals surface area contributed by atoms with E-state index in [-0.39, 0.29) is 12.2 Å². The molecule has 0 aliphatic carbocycles. The van der Waals surface area contributed by atoms with Crippen LogP contribution in [-0.2, 0) is 6.54 Å². The number of hydrogen-bond acceptors (Lipinski definition) is 5. The molecule has 0 unspecified atom stereocenters. The summed E-state index contributed by atoms with van der Waals surface area (Å²) in [6, 6.07) is 4.45. The molecule has 0 radical (unpaired) electrons. The van der Waals surface area contributed by atoms with Crippen LogP contribution in [0.1, 0.15) is 17.3 Å². The highest BCUT2D eigenvalue weighted by Gasteiger charge is 2.15. The fourth-order valence-corrected chi connectivity index (χ4v) is 1.76. The average molecular weight is 282 g/mol. The highest BCUT2D eigenvalue weighted by atomic mass is 35.5. The van der Waals surface area contributed by atoms with Crippen LogP contribution in [0.5, 0.6) is 0 Å². The molecule has 0 saturated carbocycles. The molecule has 100 valence electrons.